The smallest absolute Gasteiger partial charge is 0.329 e. The van der Waals surface area contributed by atoms with Crippen LogP contribution in [0.5, 0.6) is 0 Å². The molecule has 0 aliphatic carbocycles. The van der Waals surface area contributed by atoms with Gasteiger partial charge in [-0.2, -0.15) is 0 Å². The van der Waals surface area contributed by atoms with E-state index in [1.165, 1.54) is 0 Å². The molecule has 1 aliphatic heterocycles. The van der Waals surface area contributed by atoms with Gasteiger partial charge in [0.2, 0.25) is 5.91 Å². The maximum absolute atomic E-state index is 11.3. The average molecular weight is 237 g/mol. The van der Waals surface area contributed by atoms with Crippen LogP contribution >= 0.6 is 12.4 Å². The normalized spacial score (nSPS) is 22.9. The summed E-state index contributed by atoms with van der Waals surface area (Å²) in [6.07, 6.45) is 0.529. The zero-order valence-electron chi connectivity index (χ0n) is 9.12. The molecular formula is C9H17ClN2O3. The molecule has 0 radical (unpaired) electrons. The van der Waals surface area contributed by atoms with Crippen LogP contribution in [0.15, 0.2) is 0 Å². The van der Waals surface area contributed by atoms with Crippen LogP contribution in [-0.4, -0.2) is 37.1 Å². The van der Waals surface area contributed by atoms with E-state index in [1.54, 1.807) is 7.05 Å². The number of carbonyl (C=O) groups excluding carboxylic acids is 2. The van der Waals surface area contributed by atoms with Crippen LogP contribution in [0, 0.1) is 0 Å². The van der Waals surface area contributed by atoms with Gasteiger partial charge in [0.15, 0.2) is 0 Å². The Bertz CT molecular complexity index is 256. The molecule has 1 saturated heterocycles. The van der Waals surface area contributed by atoms with E-state index in [4.69, 9.17) is 4.74 Å². The lowest BCUT2D eigenvalue weighted by atomic mass is 10.0. The number of carbonyl (C=O) groups is 2. The molecule has 0 spiro atoms. The number of nitrogens with one attached hydrogen (secondary N) is 2. The van der Waals surface area contributed by atoms with Gasteiger partial charge in [-0.15, -0.1) is 12.4 Å². The minimum atomic E-state index is -0.495. The van der Waals surface area contributed by atoms with Crippen molar-refractivity contribution in [3.63, 3.8) is 0 Å². The van der Waals surface area contributed by atoms with Gasteiger partial charge >= 0.3 is 5.97 Å². The molecule has 88 valence electrons. The predicted octanol–water partition coefficient (Wildman–Crippen LogP) is -0.162. The molecule has 2 N–H and O–H groups in total. The number of cyclic esters (lactones) is 1. The molecular weight excluding hydrogens is 220 g/mol. The summed E-state index contributed by atoms with van der Waals surface area (Å²) in [5, 5.41) is 5.32. The van der Waals surface area contributed by atoms with Crippen LogP contribution < -0.4 is 10.6 Å². The molecule has 1 aliphatic rings. The molecule has 6 heteroatoms. The van der Waals surface area contributed by atoms with Crippen molar-refractivity contribution in [2.75, 3.05) is 13.6 Å². The lowest BCUT2D eigenvalue weighted by Gasteiger charge is -2.14. The summed E-state index contributed by atoms with van der Waals surface area (Å²) in [6.45, 7) is 3.87. The Morgan fingerprint density at radius 1 is 1.60 bits per heavy atom. The molecule has 1 amide bonds. The number of halogens is 1. The van der Waals surface area contributed by atoms with Gasteiger partial charge < -0.3 is 15.4 Å². The molecule has 0 aromatic carbocycles. The van der Waals surface area contributed by atoms with Gasteiger partial charge in [0.25, 0.3) is 0 Å². The highest BCUT2D eigenvalue weighted by atomic mass is 35.5. The average Bonchev–Trinajstić information content (AvgIpc) is 2.25. The van der Waals surface area contributed by atoms with E-state index in [9.17, 15) is 9.59 Å². The first kappa shape index (κ1) is 14.2. The van der Waals surface area contributed by atoms with Gasteiger partial charge in [-0.05, 0) is 20.9 Å². The molecule has 1 atom stereocenters. The van der Waals surface area contributed by atoms with E-state index in [0.717, 1.165) is 0 Å². The Labute approximate surface area is 95.3 Å². The summed E-state index contributed by atoms with van der Waals surface area (Å²) >= 11 is 0. The molecule has 1 heterocycles. The van der Waals surface area contributed by atoms with E-state index in [0.29, 0.717) is 6.42 Å². The quantitative estimate of drug-likeness (QED) is 0.669. The number of amides is 1. The molecule has 0 aromatic heterocycles. The standard InChI is InChI=1S/C9H16N2O3.ClH/c1-9(2)4-6(8(13)14-9)11-7(12)5-10-3;/h6,10H,4-5H2,1-3H3,(H,11,12);1H. The highest BCUT2D eigenvalue weighted by Crippen LogP contribution is 2.25. The number of hydrogen-bond acceptors (Lipinski definition) is 4. The van der Waals surface area contributed by atoms with Crippen LogP contribution in [0.3, 0.4) is 0 Å². The fourth-order valence-corrected chi connectivity index (χ4v) is 1.48. The number of esters is 1. The Kier molecular flexibility index (Phi) is 5.03. The van der Waals surface area contributed by atoms with Crippen LogP contribution in [0.4, 0.5) is 0 Å². The SMILES string of the molecule is CNCC(=O)NC1CC(C)(C)OC1=O.Cl. The van der Waals surface area contributed by atoms with Crippen molar-refractivity contribution in [2.24, 2.45) is 0 Å². The lowest BCUT2D eigenvalue weighted by Crippen LogP contribution is -2.42. The van der Waals surface area contributed by atoms with Crippen molar-refractivity contribution in [3.05, 3.63) is 0 Å². The topological polar surface area (TPSA) is 67.4 Å². The van der Waals surface area contributed by atoms with E-state index in [2.05, 4.69) is 10.6 Å². The largest absolute Gasteiger partial charge is 0.458 e. The minimum Gasteiger partial charge on any atom is -0.458 e. The van der Waals surface area contributed by atoms with E-state index < -0.39 is 11.6 Å². The lowest BCUT2D eigenvalue weighted by molar-refractivity contribution is -0.148. The highest BCUT2D eigenvalue weighted by molar-refractivity contribution is 5.86. The summed E-state index contributed by atoms with van der Waals surface area (Å²) in [7, 11) is 1.68. The summed E-state index contributed by atoms with van der Waals surface area (Å²) in [4.78, 5) is 22.4. The Balaban J connectivity index is 0.00000196. The number of likely N-dealkylation sites (N-methyl/N-ethyl adjacent to an activating group) is 1. The predicted molar refractivity (Wildman–Crippen MR) is 57.9 cm³/mol. The number of hydrogen-bond donors (Lipinski definition) is 2. The Hall–Kier alpha value is -0.810. The van der Waals surface area contributed by atoms with Crippen LogP contribution in [0.1, 0.15) is 20.3 Å². The molecule has 0 saturated carbocycles. The van der Waals surface area contributed by atoms with Gasteiger partial charge in [-0.25, -0.2) is 4.79 Å². The van der Waals surface area contributed by atoms with Gasteiger partial charge in [-0.3, -0.25) is 4.79 Å². The van der Waals surface area contributed by atoms with E-state index in [-0.39, 0.29) is 30.8 Å². The first-order valence-corrected chi connectivity index (χ1v) is 4.61. The van der Waals surface area contributed by atoms with Crippen molar-refractivity contribution in [1.29, 1.82) is 0 Å². The van der Waals surface area contributed by atoms with Gasteiger partial charge in [0, 0.05) is 6.42 Å². The zero-order valence-corrected chi connectivity index (χ0v) is 9.94. The molecule has 15 heavy (non-hydrogen) atoms. The molecule has 1 unspecified atom stereocenters. The molecule has 0 aromatic rings. The third-order valence-electron chi connectivity index (χ3n) is 2.03. The van der Waals surface area contributed by atoms with Crippen molar-refractivity contribution >= 4 is 24.3 Å². The maximum Gasteiger partial charge on any atom is 0.329 e. The monoisotopic (exact) mass is 236 g/mol. The van der Waals surface area contributed by atoms with Crippen LogP contribution in [-0.2, 0) is 14.3 Å². The van der Waals surface area contributed by atoms with E-state index in [1.807, 2.05) is 13.8 Å². The van der Waals surface area contributed by atoms with Crippen molar-refractivity contribution < 1.29 is 14.3 Å². The molecule has 1 fully saturated rings. The Morgan fingerprint density at radius 2 is 2.20 bits per heavy atom. The van der Waals surface area contributed by atoms with Gasteiger partial charge in [-0.1, -0.05) is 0 Å². The third-order valence-corrected chi connectivity index (χ3v) is 2.03. The highest BCUT2D eigenvalue weighted by Gasteiger charge is 2.40. The van der Waals surface area contributed by atoms with E-state index >= 15 is 0 Å². The maximum atomic E-state index is 11.3. The number of ether oxygens (including phenoxy) is 1. The Morgan fingerprint density at radius 3 is 2.60 bits per heavy atom. The molecule has 1 rings (SSSR count). The second kappa shape index (κ2) is 5.32. The van der Waals surface area contributed by atoms with Crippen LogP contribution in [0.2, 0.25) is 0 Å². The van der Waals surface area contributed by atoms with Crippen molar-refractivity contribution in [3.8, 4) is 0 Å². The van der Waals surface area contributed by atoms with Gasteiger partial charge in [0.05, 0.1) is 6.54 Å². The fourth-order valence-electron chi connectivity index (χ4n) is 1.48. The number of rotatable bonds is 3. The fraction of sp³-hybridized carbons (Fsp3) is 0.778. The van der Waals surface area contributed by atoms with Crippen LogP contribution in [0.25, 0.3) is 0 Å². The third kappa shape index (κ3) is 4.05. The van der Waals surface area contributed by atoms with Crippen molar-refractivity contribution in [2.45, 2.75) is 31.9 Å². The molecule has 0 bridgehead atoms. The second-order valence-electron chi connectivity index (χ2n) is 4.04. The summed E-state index contributed by atoms with van der Waals surface area (Å²) in [5.41, 5.74) is -0.464. The van der Waals surface area contributed by atoms with Crippen molar-refractivity contribution in [1.82, 2.24) is 10.6 Å². The molecule has 5 nitrogen and oxygen atoms in total. The second-order valence-corrected chi connectivity index (χ2v) is 4.04. The zero-order chi connectivity index (χ0) is 10.8. The van der Waals surface area contributed by atoms with Gasteiger partial charge in [0.1, 0.15) is 11.6 Å². The summed E-state index contributed by atoms with van der Waals surface area (Å²) in [6, 6.07) is -0.495. The minimum absolute atomic E-state index is 0. The first-order valence-electron chi connectivity index (χ1n) is 4.61. The summed E-state index contributed by atoms with van der Waals surface area (Å²) < 4.78 is 5.07. The first-order chi connectivity index (χ1) is 6.44. The summed E-state index contributed by atoms with van der Waals surface area (Å²) in [5.74, 6) is -0.536.